The molecule has 0 atom stereocenters. The van der Waals surface area contributed by atoms with Gasteiger partial charge in [0.1, 0.15) is 5.82 Å². The fourth-order valence-corrected chi connectivity index (χ4v) is 2.71. The maximum absolute atomic E-state index is 12.8. The van der Waals surface area contributed by atoms with Gasteiger partial charge in [0.25, 0.3) is 0 Å². The van der Waals surface area contributed by atoms with E-state index in [0.29, 0.717) is 0 Å². The van der Waals surface area contributed by atoms with Crippen molar-refractivity contribution in [2.24, 2.45) is 5.92 Å². The van der Waals surface area contributed by atoms with Crippen LogP contribution < -0.4 is 0 Å². The summed E-state index contributed by atoms with van der Waals surface area (Å²) < 4.78 is 12.8. The van der Waals surface area contributed by atoms with Crippen molar-refractivity contribution in [3.05, 3.63) is 35.6 Å². The highest BCUT2D eigenvalue weighted by Crippen LogP contribution is 2.09. The zero-order valence-electron chi connectivity index (χ0n) is 13.0. The smallest absolute Gasteiger partial charge is 0.225 e. The van der Waals surface area contributed by atoms with Gasteiger partial charge in [-0.15, -0.1) is 0 Å². The van der Waals surface area contributed by atoms with Crippen LogP contribution >= 0.6 is 0 Å². The Labute approximate surface area is 126 Å². The van der Waals surface area contributed by atoms with E-state index in [4.69, 9.17) is 0 Å². The summed E-state index contributed by atoms with van der Waals surface area (Å²) in [5, 5.41) is 0. The molecule has 0 saturated carbocycles. The topological polar surface area (TPSA) is 23.6 Å². The van der Waals surface area contributed by atoms with Gasteiger partial charge in [0.2, 0.25) is 5.91 Å². The Balaban J connectivity index is 1.67. The van der Waals surface area contributed by atoms with Crippen molar-refractivity contribution >= 4 is 5.91 Å². The fourth-order valence-electron chi connectivity index (χ4n) is 2.71. The van der Waals surface area contributed by atoms with Crippen molar-refractivity contribution in [2.75, 3.05) is 32.7 Å². The van der Waals surface area contributed by atoms with Crippen LogP contribution in [0.2, 0.25) is 0 Å². The first kappa shape index (κ1) is 16.0. The van der Waals surface area contributed by atoms with Crippen LogP contribution in [-0.4, -0.2) is 48.4 Å². The van der Waals surface area contributed by atoms with Crippen molar-refractivity contribution in [3.63, 3.8) is 0 Å². The van der Waals surface area contributed by atoms with Crippen LogP contribution in [-0.2, 0) is 11.2 Å². The van der Waals surface area contributed by atoms with Gasteiger partial charge >= 0.3 is 0 Å². The van der Waals surface area contributed by atoms with Gasteiger partial charge < -0.3 is 4.90 Å². The maximum Gasteiger partial charge on any atom is 0.225 e. The van der Waals surface area contributed by atoms with Crippen LogP contribution in [0.15, 0.2) is 24.3 Å². The largest absolute Gasteiger partial charge is 0.340 e. The molecule has 21 heavy (non-hydrogen) atoms. The van der Waals surface area contributed by atoms with E-state index < -0.39 is 0 Å². The van der Waals surface area contributed by atoms with Crippen LogP contribution in [0.5, 0.6) is 0 Å². The Kier molecular flexibility index (Phi) is 5.74. The number of piperazine rings is 1. The highest BCUT2D eigenvalue weighted by Gasteiger charge is 2.22. The minimum Gasteiger partial charge on any atom is -0.340 e. The fraction of sp³-hybridized carbons (Fsp3) is 0.588. The number of carbonyl (C=O) groups is 1. The Hall–Kier alpha value is -1.42. The highest BCUT2D eigenvalue weighted by molar-refractivity contribution is 5.78. The molecule has 0 spiro atoms. The van der Waals surface area contributed by atoms with Crippen molar-refractivity contribution in [1.82, 2.24) is 9.80 Å². The Bertz CT molecular complexity index is 450. The Morgan fingerprint density at radius 3 is 2.33 bits per heavy atom. The van der Waals surface area contributed by atoms with Gasteiger partial charge in [-0.1, -0.05) is 26.0 Å². The molecule has 0 N–H and O–H groups in total. The molecular formula is C17H25FN2O. The first-order chi connectivity index (χ1) is 10.1. The third-order valence-electron chi connectivity index (χ3n) is 4.03. The molecule has 0 bridgehead atoms. The maximum atomic E-state index is 12.8. The average Bonchev–Trinajstić information content (AvgIpc) is 2.49. The van der Waals surface area contributed by atoms with E-state index >= 15 is 0 Å². The molecule has 3 nitrogen and oxygen atoms in total. The van der Waals surface area contributed by atoms with Gasteiger partial charge in [-0.05, 0) is 37.1 Å². The average molecular weight is 292 g/mol. The molecule has 0 radical (unpaired) electrons. The van der Waals surface area contributed by atoms with Gasteiger partial charge in [0, 0.05) is 32.1 Å². The van der Waals surface area contributed by atoms with Gasteiger partial charge in [-0.25, -0.2) is 4.39 Å². The van der Waals surface area contributed by atoms with Gasteiger partial charge in [0.15, 0.2) is 0 Å². The lowest BCUT2D eigenvalue weighted by molar-refractivity contribution is -0.136. The van der Waals surface area contributed by atoms with E-state index in [1.54, 1.807) is 0 Å². The van der Waals surface area contributed by atoms with Crippen LogP contribution in [0.25, 0.3) is 0 Å². The standard InChI is InChI=1S/C17H25FN2O/c1-14(2)17(21)20-12-10-19(11-13-20)9-3-4-15-5-7-16(18)8-6-15/h5-8,14H,3-4,9-13H2,1-2H3. The van der Waals surface area contributed by atoms with E-state index in [0.717, 1.165) is 45.6 Å². The molecule has 1 heterocycles. The molecule has 1 aromatic carbocycles. The van der Waals surface area contributed by atoms with Crippen LogP contribution in [0.1, 0.15) is 25.8 Å². The first-order valence-corrected chi connectivity index (χ1v) is 7.82. The zero-order chi connectivity index (χ0) is 15.2. The molecule has 1 aromatic rings. The molecule has 1 saturated heterocycles. The Morgan fingerprint density at radius 2 is 1.76 bits per heavy atom. The second-order valence-corrected chi connectivity index (χ2v) is 6.05. The molecule has 116 valence electrons. The minimum atomic E-state index is -0.176. The number of amides is 1. The monoisotopic (exact) mass is 292 g/mol. The lowest BCUT2D eigenvalue weighted by atomic mass is 10.1. The molecule has 1 aliphatic rings. The first-order valence-electron chi connectivity index (χ1n) is 7.82. The van der Waals surface area contributed by atoms with E-state index in [2.05, 4.69) is 4.90 Å². The molecule has 2 rings (SSSR count). The predicted octanol–water partition coefficient (Wildman–Crippen LogP) is 2.56. The summed E-state index contributed by atoms with van der Waals surface area (Å²) in [4.78, 5) is 16.3. The SMILES string of the molecule is CC(C)C(=O)N1CCN(CCCc2ccc(F)cc2)CC1. The number of aryl methyl sites for hydroxylation is 1. The molecular weight excluding hydrogens is 267 g/mol. The van der Waals surface area contributed by atoms with E-state index in [-0.39, 0.29) is 17.6 Å². The zero-order valence-corrected chi connectivity index (χ0v) is 13.0. The number of benzene rings is 1. The van der Waals surface area contributed by atoms with Crippen molar-refractivity contribution in [2.45, 2.75) is 26.7 Å². The van der Waals surface area contributed by atoms with Crippen molar-refractivity contribution in [3.8, 4) is 0 Å². The summed E-state index contributed by atoms with van der Waals surface area (Å²) in [6, 6.07) is 6.75. The quantitative estimate of drug-likeness (QED) is 0.833. The molecule has 1 fully saturated rings. The van der Waals surface area contributed by atoms with E-state index in [1.807, 2.05) is 30.9 Å². The third-order valence-corrected chi connectivity index (χ3v) is 4.03. The lowest BCUT2D eigenvalue weighted by Gasteiger charge is -2.35. The van der Waals surface area contributed by atoms with E-state index in [9.17, 15) is 9.18 Å². The van der Waals surface area contributed by atoms with Gasteiger partial charge in [-0.2, -0.15) is 0 Å². The summed E-state index contributed by atoms with van der Waals surface area (Å²) in [7, 11) is 0. The molecule has 4 heteroatoms. The number of halogens is 1. The summed E-state index contributed by atoms with van der Waals surface area (Å²) in [6.07, 6.45) is 2.05. The summed E-state index contributed by atoms with van der Waals surface area (Å²) in [5.41, 5.74) is 1.19. The molecule has 1 amide bonds. The normalized spacial score (nSPS) is 16.5. The molecule has 0 aromatic heterocycles. The number of carbonyl (C=O) groups excluding carboxylic acids is 1. The summed E-state index contributed by atoms with van der Waals surface area (Å²) >= 11 is 0. The van der Waals surface area contributed by atoms with Gasteiger partial charge in [-0.3, -0.25) is 9.69 Å². The number of hydrogen-bond donors (Lipinski definition) is 0. The highest BCUT2D eigenvalue weighted by atomic mass is 19.1. The van der Waals surface area contributed by atoms with Crippen molar-refractivity contribution < 1.29 is 9.18 Å². The summed E-state index contributed by atoms with van der Waals surface area (Å²) in [5.74, 6) is 0.181. The number of hydrogen-bond acceptors (Lipinski definition) is 2. The van der Waals surface area contributed by atoms with E-state index in [1.165, 1.54) is 17.7 Å². The third kappa shape index (κ3) is 4.81. The molecule has 0 aliphatic carbocycles. The van der Waals surface area contributed by atoms with Gasteiger partial charge in [0.05, 0.1) is 0 Å². The second kappa shape index (κ2) is 7.55. The van der Waals surface area contributed by atoms with Crippen LogP contribution in [0.4, 0.5) is 4.39 Å². The van der Waals surface area contributed by atoms with Crippen molar-refractivity contribution in [1.29, 1.82) is 0 Å². The second-order valence-electron chi connectivity index (χ2n) is 6.05. The van der Waals surface area contributed by atoms with Crippen LogP contribution in [0, 0.1) is 11.7 Å². The Morgan fingerprint density at radius 1 is 1.14 bits per heavy atom. The predicted molar refractivity (Wildman–Crippen MR) is 82.6 cm³/mol. The van der Waals surface area contributed by atoms with Crippen LogP contribution in [0.3, 0.4) is 0 Å². The number of rotatable bonds is 5. The molecule has 1 aliphatic heterocycles. The number of nitrogens with zero attached hydrogens (tertiary/aromatic N) is 2. The minimum absolute atomic E-state index is 0.0926. The lowest BCUT2D eigenvalue weighted by Crippen LogP contribution is -2.49. The molecule has 0 unspecified atom stereocenters. The summed E-state index contributed by atoms with van der Waals surface area (Å²) in [6.45, 7) is 8.56.